The third-order valence-electron chi connectivity index (χ3n) is 4.50. The van der Waals surface area contributed by atoms with E-state index in [1.165, 1.54) is 0 Å². The van der Waals surface area contributed by atoms with Crippen molar-refractivity contribution in [1.29, 1.82) is 0 Å². The predicted octanol–water partition coefficient (Wildman–Crippen LogP) is 2.70. The van der Waals surface area contributed by atoms with E-state index >= 15 is 0 Å². The van der Waals surface area contributed by atoms with E-state index in [9.17, 15) is 5.11 Å². The molecule has 2 atom stereocenters. The number of nitrogens with zero attached hydrogens (tertiary/aromatic N) is 1. The van der Waals surface area contributed by atoms with Crippen LogP contribution in [0.25, 0.3) is 0 Å². The number of methoxy groups -OCH3 is 1. The summed E-state index contributed by atoms with van der Waals surface area (Å²) in [6.45, 7) is 8.75. The molecule has 2 unspecified atom stereocenters. The van der Waals surface area contributed by atoms with Gasteiger partial charge in [0.05, 0.1) is 24.4 Å². The van der Waals surface area contributed by atoms with Crippen molar-refractivity contribution in [2.24, 2.45) is 5.92 Å². The van der Waals surface area contributed by atoms with Crippen LogP contribution in [-0.4, -0.2) is 43.1 Å². The Bertz CT molecular complexity index is 481. The van der Waals surface area contributed by atoms with Gasteiger partial charge in [0.25, 0.3) is 0 Å². The smallest absolute Gasteiger partial charge is 0.119 e. The molecule has 1 aromatic carbocycles. The fourth-order valence-corrected chi connectivity index (χ4v) is 3.24. The monoisotopic (exact) mass is 293 g/mol. The van der Waals surface area contributed by atoms with E-state index in [1.807, 2.05) is 45.2 Å². The summed E-state index contributed by atoms with van der Waals surface area (Å²) in [4.78, 5) is 2.15. The van der Waals surface area contributed by atoms with Crippen molar-refractivity contribution in [1.82, 2.24) is 0 Å². The minimum Gasteiger partial charge on any atom is -0.497 e. The molecule has 21 heavy (non-hydrogen) atoms. The number of hydrogen-bond donors (Lipinski definition) is 1. The van der Waals surface area contributed by atoms with Crippen LogP contribution in [0.5, 0.6) is 5.75 Å². The molecule has 0 aromatic heterocycles. The van der Waals surface area contributed by atoms with Gasteiger partial charge < -0.3 is 19.5 Å². The van der Waals surface area contributed by atoms with Gasteiger partial charge in [-0.25, -0.2) is 0 Å². The molecule has 2 rings (SSSR count). The largest absolute Gasteiger partial charge is 0.497 e. The zero-order valence-electron chi connectivity index (χ0n) is 13.9. The summed E-state index contributed by atoms with van der Waals surface area (Å²) in [6.07, 6.45) is -0.479. The first-order valence-corrected chi connectivity index (χ1v) is 7.41. The Balaban J connectivity index is 2.12. The van der Waals surface area contributed by atoms with Crippen LogP contribution in [0.15, 0.2) is 24.3 Å². The predicted molar refractivity (Wildman–Crippen MR) is 85.0 cm³/mol. The second kappa shape index (κ2) is 5.50. The highest BCUT2D eigenvalue weighted by Crippen LogP contribution is 2.42. The Morgan fingerprint density at radius 1 is 1.14 bits per heavy atom. The number of aliphatic hydroxyl groups is 1. The molecule has 0 aliphatic carbocycles. The molecular formula is C17H27NO3. The molecule has 0 radical (unpaired) electrons. The Kier molecular flexibility index (Phi) is 4.22. The van der Waals surface area contributed by atoms with Crippen LogP contribution in [0.1, 0.15) is 27.7 Å². The van der Waals surface area contributed by atoms with E-state index < -0.39 is 11.7 Å². The maximum absolute atomic E-state index is 10.6. The van der Waals surface area contributed by atoms with Gasteiger partial charge in [0.2, 0.25) is 0 Å². The highest BCUT2D eigenvalue weighted by Gasteiger charge is 2.53. The van der Waals surface area contributed by atoms with Crippen LogP contribution in [0.4, 0.5) is 5.69 Å². The molecule has 0 saturated carbocycles. The van der Waals surface area contributed by atoms with Crippen molar-refractivity contribution in [3.63, 3.8) is 0 Å². The topological polar surface area (TPSA) is 41.9 Å². The molecule has 0 amide bonds. The quantitative estimate of drug-likeness (QED) is 0.927. The first-order valence-electron chi connectivity index (χ1n) is 7.41. The van der Waals surface area contributed by atoms with Crippen LogP contribution < -0.4 is 9.64 Å². The number of benzene rings is 1. The van der Waals surface area contributed by atoms with Gasteiger partial charge >= 0.3 is 0 Å². The molecular weight excluding hydrogens is 266 g/mol. The minimum atomic E-state index is -0.505. The van der Waals surface area contributed by atoms with Crippen molar-refractivity contribution in [3.8, 4) is 5.75 Å². The standard InChI is InChI=1S/C17H27NO3/c1-16(2)14(15(19)17(3,4)21-16)11-18(5)12-7-9-13(20-6)10-8-12/h7-10,14-15,19H,11H2,1-6H3. The van der Waals surface area contributed by atoms with Gasteiger partial charge in [-0.1, -0.05) is 0 Å². The lowest BCUT2D eigenvalue weighted by Crippen LogP contribution is -2.42. The number of rotatable bonds is 4. The van der Waals surface area contributed by atoms with Crippen molar-refractivity contribution >= 4 is 5.69 Å². The van der Waals surface area contributed by atoms with E-state index in [2.05, 4.69) is 18.7 Å². The Hall–Kier alpha value is -1.26. The van der Waals surface area contributed by atoms with Gasteiger partial charge in [-0.3, -0.25) is 0 Å². The molecule has 0 spiro atoms. The van der Waals surface area contributed by atoms with E-state index in [0.717, 1.165) is 18.0 Å². The first kappa shape index (κ1) is 16.1. The molecule has 1 N–H and O–H groups in total. The minimum absolute atomic E-state index is 0.0552. The second-order valence-corrected chi connectivity index (χ2v) is 6.94. The number of hydrogen-bond acceptors (Lipinski definition) is 4. The molecule has 4 nitrogen and oxygen atoms in total. The van der Waals surface area contributed by atoms with E-state index in [4.69, 9.17) is 9.47 Å². The highest BCUT2D eigenvalue weighted by atomic mass is 16.5. The summed E-state index contributed by atoms with van der Waals surface area (Å²) in [6, 6.07) is 7.95. The normalized spacial score (nSPS) is 26.6. The van der Waals surface area contributed by atoms with E-state index in [0.29, 0.717) is 0 Å². The summed E-state index contributed by atoms with van der Waals surface area (Å²) in [5.74, 6) is 0.900. The van der Waals surface area contributed by atoms with Crippen LogP contribution in [-0.2, 0) is 4.74 Å². The van der Waals surface area contributed by atoms with Crippen molar-refractivity contribution in [2.45, 2.75) is 45.0 Å². The average molecular weight is 293 g/mol. The van der Waals surface area contributed by atoms with Crippen LogP contribution in [0, 0.1) is 5.92 Å². The van der Waals surface area contributed by atoms with Crippen molar-refractivity contribution in [3.05, 3.63) is 24.3 Å². The van der Waals surface area contributed by atoms with Crippen LogP contribution >= 0.6 is 0 Å². The zero-order chi connectivity index (χ0) is 15.8. The SMILES string of the molecule is COc1ccc(N(C)CC2C(O)C(C)(C)OC2(C)C)cc1. The van der Waals surface area contributed by atoms with Gasteiger partial charge in [0, 0.05) is 25.2 Å². The van der Waals surface area contributed by atoms with Crippen molar-refractivity contribution in [2.75, 3.05) is 25.6 Å². The van der Waals surface area contributed by atoms with Gasteiger partial charge in [0.1, 0.15) is 5.75 Å². The molecule has 1 aromatic rings. The number of ether oxygens (including phenoxy) is 2. The van der Waals surface area contributed by atoms with Gasteiger partial charge in [-0.2, -0.15) is 0 Å². The Morgan fingerprint density at radius 2 is 1.71 bits per heavy atom. The molecule has 1 fully saturated rings. The second-order valence-electron chi connectivity index (χ2n) is 6.94. The molecule has 1 saturated heterocycles. The van der Waals surface area contributed by atoms with Gasteiger partial charge in [-0.15, -0.1) is 0 Å². The lowest BCUT2D eigenvalue weighted by atomic mass is 9.84. The summed E-state index contributed by atoms with van der Waals surface area (Å²) < 4.78 is 11.2. The van der Waals surface area contributed by atoms with Gasteiger partial charge in [0.15, 0.2) is 0 Å². The van der Waals surface area contributed by atoms with E-state index in [-0.39, 0.29) is 11.5 Å². The summed E-state index contributed by atoms with van der Waals surface area (Å²) in [5, 5.41) is 10.6. The fraction of sp³-hybridized carbons (Fsp3) is 0.647. The summed E-state index contributed by atoms with van der Waals surface area (Å²) in [7, 11) is 3.70. The third kappa shape index (κ3) is 3.16. The lowest BCUT2D eigenvalue weighted by Gasteiger charge is -2.31. The van der Waals surface area contributed by atoms with Crippen LogP contribution in [0.2, 0.25) is 0 Å². The Labute approximate surface area is 127 Å². The molecule has 1 aliphatic heterocycles. The highest BCUT2D eigenvalue weighted by molar-refractivity contribution is 5.48. The van der Waals surface area contributed by atoms with Crippen LogP contribution in [0.3, 0.4) is 0 Å². The molecule has 4 heteroatoms. The lowest BCUT2D eigenvalue weighted by molar-refractivity contribution is -0.0906. The fourth-order valence-electron chi connectivity index (χ4n) is 3.24. The summed E-state index contributed by atoms with van der Waals surface area (Å²) in [5.41, 5.74) is 0.252. The number of anilines is 1. The molecule has 0 bridgehead atoms. The maximum atomic E-state index is 10.6. The zero-order valence-corrected chi connectivity index (χ0v) is 13.9. The van der Waals surface area contributed by atoms with E-state index in [1.54, 1.807) is 7.11 Å². The Morgan fingerprint density at radius 3 is 2.14 bits per heavy atom. The van der Waals surface area contributed by atoms with Gasteiger partial charge in [-0.05, 0) is 52.0 Å². The first-order chi connectivity index (χ1) is 9.67. The number of aliphatic hydroxyl groups excluding tert-OH is 1. The molecule has 118 valence electrons. The average Bonchev–Trinajstić information content (AvgIpc) is 2.57. The molecule has 1 aliphatic rings. The third-order valence-corrected chi connectivity index (χ3v) is 4.50. The maximum Gasteiger partial charge on any atom is 0.119 e. The van der Waals surface area contributed by atoms with Crippen molar-refractivity contribution < 1.29 is 14.6 Å². The summed E-state index contributed by atoms with van der Waals surface area (Å²) >= 11 is 0. The molecule has 1 heterocycles.